The zero-order valence-corrected chi connectivity index (χ0v) is 13.4. The second-order valence-corrected chi connectivity index (χ2v) is 6.65. The summed E-state index contributed by atoms with van der Waals surface area (Å²) in [5.41, 5.74) is 1.06. The standard InChI is InChI=1S/C15H22N2O3S/c1-15(2,3)20-14(19)16-11-8-9-17(21)12-7-5-4-6-10(12)13(11)18/h4-7,11,13,18,21H,8-9H2,1-3H3,(H,16,19). The Hall–Kier alpha value is -1.40. The van der Waals surface area contributed by atoms with Crippen molar-refractivity contribution in [2.45, 2.75) is 44.9 Å². The van der Waals surface area contributed by atoms with Crippen molar-refractivity contribution in [1.29, 1.82) is 0 Å². The number of anilines is 1. The van der Waals surface area contributed by atoms with Crippen LogP contribution in [0.15, 0.2) is 24.3 Å². The number of carbonyl (C=O) groups is 1. The van der Waals surface area contributed by atoms with Crippen molar-refractivity contribution in [1.82, 2.24) is 5.32 Å². The van der Waals surface area contributed by atoms with Crippen LogP contribution in [-0.2, 0) is 4.74 Å². The van der Waals surface area contributed by atoms with Crippen LogP contribution in [0.5, 0.6) is 0 Å². The highest BCUT2D eigenvalue weighted by molar-refractivity contribution is 7.81. The van der Waals surface area contributed by atoms with Gasteiger partial charge in [-0.1, -0.05) is 31.0 Å². The predicted molar refractivity (Wildman–Crippen MR) is 85.5 cm³/mol. The average Bonchev–Trinajstić information content (AvgIpc) is 2.50. The second-order valence-electron chi connectivity index (χ2n) is 6.17. The Morgan fingerprint density at radius 1 is 1.43 bits per heavy atom. The van der Waals surface area contributed by atoms with Gasteiger partial charge in [0.1, 0.15) is 11.7 Å². The van der Waals surface area contributed by atoms with E-state index in [0.29, 0.717) is 13.0 Å². The number of alkyl carbamates (subject to hydrolysis) is 1. The van der Waals surface area contributed by atoms with Crippen LogP contribution < -0.4 is 9.62 Å². The number of fused-ring (bicyclic) bond motifs is 1. The van der Waals surface area contributed by atoms with Gasteiger partial charge in [0.2, 0.25) is 0 Å². The molecule has 2 N–H and O–H groups in total. The van der Waals surface area contributed by atoms with Gasteiger partial charge in [-0.3, -0.25) is 0 Å². The molecule has 0 aromatic heterocycles. The summed E-state index contributed by atoms with van der Waals surface area (Å²) in [6.07, 6.45) is -0.721. The van der Waals surface area contributed by atoms with E-state index in [2.05, 4.69) is 18.1 Å². The number of aliphatic hydroxyl groups excluding tert-OH is 1. The molecule has 1 heterocycles. The predicted octanol–water partition coefficient (Wildman–Crippen LogP) is 2.67. The highest BCUT2D eigenvalue weighted by atomic mass is 32.1. The fourth-order valence-corrected chi connectivity index (χ4v) is 2.64. The van der Waals surface area contributed by atoms with Gasteiger partial charge in [0.05, 0.1) is 11.7 Å². The fraction of sp³-hybridized carbons (Fsp3) is 0.533. The summed E-state index contributed by atoms with van der Waals surface area (Å²) in [5.74, 6) is 0. The largest absolute Gasteiger partial charge is 0.444 e. The molecule has 2 unspecified atom stereocenters. The van der Waals surface area contributed by atoms with Gasteiger partial charge in [0, 0.05) is 12.1 Å². The molecule has 2 rings (SSSR count). The van der Waals surface area contributed by atoms with Crippen LogP contribution in [0, 0.1) is 0 Å². The Labute approximate surface area is 130 Å². The summed E-state index contributed by atoms with van der Waals surface area (Å²) >= 11 is 4.43. The number of rotatable bonds is 1. The van der Waals surface area contributed by atoms with Gasteiger partial charge in [-0.25, -0.2) is 4.79 Å². The number of amides is 1. The smallest absolute Gasteiger partial charge is 0.407 e. The minimum atomic E-state index is -0.786. The Morgan fingerprint density at radius 2 is 2.10 bits per heavy atom. The monoisotopic (exact) mass is 310 g/mol. The normalized spacial score (nSPS) is 22.2. The molecule has 6 heteroatoms. The van der Waals surface area contributed by atoms with Gasteiger partial charge in [-0.05, 0) is 33.3 Å². The van der Waals surface area contributed by atoms with Crippen LogP contribution in [0.25, 0.3) is 0 Å². The lowest BCUT2D eigenvalue weighted by Crippen LogP contribution is -2.42. The number of hydrogen-bond acceptors (Lipinski definition) is 5. The molecule has 1 aromatic rings. The summed E-state index contributed by atoms with van der Waals surface area (Å²) in [6, 6.07) is 7.11. The number of para-hydroxylation sites is 1. The van der Waals surface area contributed by atoms with Crippen LogP contribution in [0.2, 0.25) is 0 Å². The molecule has 1 aromatic carbocycles. The quantitative estimate of drug-likeness (QED) is 0.698. The van der Waals surface area contributed by atoms with Crippen LogP contribution in [0.3, 0.4) is 0 Å². The molecular weight excluding hydrogens is 288 g/mol. The number of nitrogens with zero attached hydrogens (tertiary/aromatic N) is 1. The Balaban J connectivity index is 2.14. The van der Waals surface area contributed by atoms with Crippen molar-refractivity contribution >= 4 is 24.6 Å². The van der Waals surface area contributed by atoms with Crippen LogP contribution in [0.1, 0.15) is 38.9 Å². The lowest BCUT2D eigenvalue weighted by molar-refractivity contribution is 0.0420. The molecule has 116 valence electrons. The third kappa shape index (κ3) is 4.04. The molecule has 0 saturated heterocycles. The highest BCUT2D eigenvalue weighted by Gasteiger charge is 2.30. The summed E-state index contributed by atoms with van der Waals surface area (Å²) < 4.78 is 7.04. The Morgan fingerprint density at radius 3 is 2.76 bits per heavy atom. The number of benzene rings is 1. The summed E-state index contributed by atoms with van der Waals surface area (Å²) in [4.78, 5) is 11.9. The van der Waals surface area contributed by atoms with E-state index in [1.54, 1.807) is 25.1 Å². The highest BCUT2D eigenvalue weighted by Crippen LogP contribution is 2.33. The number of hydrogen-bond donors (Lipinski definition) is 3. The molecule has 0 spiro atoms. The topological polar surface area (TPSA) is 61.8 Å². The van der Waals surface area contributed by atoms with Crippen molar-refractivity contribution in [3.05, 3.63) is 29.8 Å². The zero-order valence-electron chi connectivity index (χ0n) is 12.5. The maximum Gasteiger partial charge on any atom is 0.407 e. The van der Waals surface area contributed by atoms with E-state index in [-0.39, 0.29) is 0 Å². The van der Waals surface area contributed by atoms with E-state index in [0.717, 1.165) is 11.3 Å². The van der Waals surface area contributed by atoms with Gasteiger partial charge in [-0.2, -0.15) is 0 Å². The van der Waals surface area contributed by atoms with E-state index in [9.17, 15) is 9.90 Å². The first-order valence-electron chi connectivity index (χ1n) is 7.01. The molecule has 0 fully saturated rings. The van der Waals surface area contributed by atoms with Gasteiger partial charge < -0.3 is 19.5 Å². The first kappa shape index (κ1) is 16.0. The van der Waals surface area contributed by atoms with Gasteiger partial charge in [0.25, 0.3) is 0 Å². The first-order chi connectivity index (χ1) is 9.78. The van der Waals surface area contributed by atoms with E-state index in [4.69, 9.17) is 4.74 Å². The molecule has 1 aliphatic rings. The zero-order chi connectivity index (χ0) is 15.6. The third-order valence-corrected chi connectivity index (χ3v) is 3.68. The number of thiol groups is 1. The van der Waals surface area contributed by atoms with E-state index in [1.807, 2.05) is 24.3 Å². The first-order valence-corrected chi connectivity index (χ1v) is 7.41. The lowest BCUT2D eigenvalue weighted by Gasteiger charge is -2.25. The van der Waals surface area contributed by atoms with Crippen molar-refractivity contribution in [2.75, 3.05) is 10.8 Å². The number of nitrogens with one attached hydrogen (secondary N) is 1. The molecule has 21 heavy (non-hydrogen) atoms. The maximum atomic E-state index is 11.9. The Kier molecular flexibility index (Phi) is 4.68. The summed E-state index contributed by atoms with van der Waals surface area (Å²) in [7, 11) is 0. The summed E-state index contributed by atoms with van der Waals surface area (Å²) in [5, 5.41) is 13.3. The molecule has 2 atom stereocenters. The Bertz CT molecular complexity index is 516. The van der Waals surface area contributed by atoms with Crippen molar-refractivity contribution in [3.63, 3.8) is 0 Å². The minimum Gasteiger partial charge on any atom is -0.444 e. The fourth-order valence-electron chi connectivity index (χ4n) is 2.34. The molecular formula is C15H22N2O3S. The molecule has 0 radical (unpaired) electrons. The summed E-state index contributed by atoms with van der Waals surface area (Å²) in [6.45, 7) is 6.04. The molecule has 0 aliphatic carbocycles. The van der Waals surface area contributed by atoms with Crippen LogP contribution >= 0.6 is 12.8 Å². The molecule has 1 amide bonds. The van der Waals surface area contributed by atoms with Gasteiger partial charge >= 0.3 is 6.09 Å². The van der Waals surface area contributed by atoms with Crippen LogP contribution in [0.4, 0.5) is 10.5 Å². The molecule has 0 saturated carbocycles. The van der Waals surface area contributed by atoms with Crippen molar-refractivity contribution in [3.8, 4) is 0 Å². The van der Waals surface area contributed by atoms with E-state index < -0.39 is 23.8 Å². The maximum absolute atomic E-state index is 11.9. The molecule has 0 bridgehead atoms. The SMILES string of the molecule is CC(C)(C)OC(=O)NC1CCN(S)c2ccccc2C1O. The number of carbonyl (C=O) groups excluding carboxylic acids is 1. The van der Waals surface area contributed by atoms with E-state index in [1.165, 1.54) is 0 Å². The van der Waals surface area contributed by atoms with Gasteiger partial charge in [0.15, 0.2) is 0 Å². The van der Waals surface area contributed by atoms with Crippen LogP contribution in [-0.4, -0.2) is 29.4 Å². The minimum absolute atomic E-state index is 0.404. The second kappa shape index (κ2) is 6.15. The average molecular weight is 310 g/mol. The van der Waals surface area contributed by atoms with Crippen molar-refractivity contribution in [2.24, 2.45) is 0 Å². The molecule has 5 nitrogen and oxygen atoms in total. The van der Waals surface area contributed by atoms with Crippen molar-refractivity contribution < 1.29 is 14.6 Å². The molecule has 1 aliphatic heterocycles. The number of ether oxygens (including phenoxy) is 1. The lowest BCUT2D eigenvalue weighted by atomic mass is 10.0. The van der Waals surface area contributed by atoms with E-state index >= 15 is 0 Å². The number of aliphatic hydroxyl groups is 1. The third-order valence-electron chi connectivity index (χ3n) is 3.27. The van der Waals surface area contributed by atoms with Gasteiger partial charge in [-0.15, -0.1) is 0 Å².